The second kappa shape index (κ2) is 7.65. The Morgan fingerprint density at radius 3 is 2.65 bits per heavy atom. The largest absolute Gasteiger partial charge is 0.323 e. The van der Waals surface area contributed by atoms with Crippen molar-refractivity contribution >= 4 is 23.4 Å². The zero-order valence-corrected chi connectivity index (χ0v) is 15.0. The summed E-state index contributed by atoms with van der Waals surface area (Å²) in [6.45, 7) is 1.77. The highest BCUT2D eigenvalue weighted by atomic mass is 32.2. The second-order valence-electron chi connectivity index (χ2n) is 5.67. The zero-order valence-electron chi connectivity index (χ0n) is 14.2. The lowest BCUT2D eigenvalue weighted by molar-refractivity contribution is -0.113. The molecule has 3 aromatic rings. The van der Waals surface area contributed by atoms with Gasteiger partial charge in [-0.05, 0) is 36.8 Å². The van der Waals surface area contributed by atoms with Crippen molar-refractivity contribution in [2.24, 2.45) is 7.05 Å². The summed E-state index contributed by atoms with van der Waals surface area (Å²) in [7, 11) is 1.70. The lowest BCUT2D eigenvalue weighted by atomic mass is 10.2. The van der Waals surface area contributed by atoms with Crippen LogP contribution in [0.1, 0.15) is 5.56 Å². The Morgan fingerprint density at radius 1 is 1.15 bits per heavy atom. The number of halogens is 2. The minimum Gasteiger partial charge on any atom is -0.323 e. The molecule has 1 aromatic heterocycles. The van der Waals surface area contributed by atoms with Crippen LogP contribution in [0.5, 0.6) is 0 Å². The minimum atomic E-state index is -0.483. The Morgan fingerprint density at radius 2 is 1.92 bits per heavy atom. The minimum absolute atomic E-state index is 0.0244. The van der Waals surface area contributed by atoms with Crippen molar-refractivity contribution in [3.63, 3.8) is 0 Å². The van der Waals surface area contributed by atoms with E-state index in [4.69, 9.17) is 0 Å². The van der Waals surface area contributed by atoms with Gasteiger partial charge in [0.1, 0.15) is 11.6 Å². The van der Waals surface area contributed by atoms with Crippen molar-refractivity contribution < 1.29 is 13.6 Å². The maximum atomic E-state index is 13.9. The van der Waals surface area contributed by atoms with E-state index in [9.17, 15) is 13.6 Å². The van der Waals surface area contributed by atoms with Gasteiger partial charge in [-0.3, -0.25) is 4.79 Å². The molecule has 1 N–H and O–H groups in total. The molecule has 0 fully saturated rings. The summed E-state index contributed by atoms with van der Waals surface area (Å²) in [5.74, 6) is -0.851. The number of nitrogens with one attached hydrogen (secondary N) is 1. The molecule has 0 saturated carbocycles. The van der Waals surface area contributed by atoms with Gasteiger partial charge in [-0.2, -0.15) is 0 Å². The van der Waals surface area contributed by atoms with Gasteiger partial charge in [-0.15, -0.1) is 10.2 Å². The van der Waals surface area contributed by atoms with E-state index in [1.54, 1.807) is 42.8 Å². The van der Waals surface area contributed by atoms with Crippen LogP contribution < -0.4 is 5.32 Å². The highest BCUT2D eigenvalue weighted by Gasteiger charge is 2.16. The lowest BCUT2D eigenvalue weighted by Crippen LogP contribution is -2.15. The molecule has 5 nitrogen and oxygen atoms in total. The van der Waals surface area contributed by atoms with Gasteiger partial charge in [0.2, 0.25) is 5.91 Å². The van der Waals surface area contributed by atoms with E-state index in [0.717, 1.165) is 17.3 Å². The third-order valence-corrected chi connectivity index (χ3v) is 4.70. The first-order chi connectivity index (χ1) is 12.5. The molecule has 1 amide bonds. The topological polar surface area (TPSA) is 59.8 Å². The Kier molecular flexibility index (Phi) is 5.32. The summed E-state index contributed by atoms with van der Waals surface area (Å²) >= 11 is 1.14. The molecule has 134 valence electrons. The zero-order chi connectivity index (χ0) is 18.7. The monoisotopic (exact) mass is 374 g/mol. The summed E-state index contributed by atoms with van der Waals surface area (Å²) in [4.78, 5) is 12.0. The van der Waals surface area contributed by atoms with Crippen molar-refractivity contribution in [1.29, 1.82) is 0 Å². The molecule has 2 aromatic carbocycles. The molecule has 0 radical (unpaired) electrons. The van der Waals surface area contributed by atoms with Crippen molar-refractivity contribution in [2.45, 2.75) is 12.1 Å². The molecule has 1 heterocycles. The molecule has 0 saturated heterocycles. The average Bonchev–Trinajstić information content (AvgIpc) is 2.97. The maximum Gasteiger partial charge on any atom is 0.234 e. The first-order valence-electron chi connectivity index (χ1n) is 7.79. The van der Waals surface area contributed by atoms with Crippen molar-refractivity contribution in [3.05, 3.63) is 59.7 Å². The van der Waals surface area contributed by atoms with Crippen LogP contribution in [0.15, 0.2) is 47.6 Å². The standard InChI is InChI=1S/C18H16F2N4OS/c1-11-7-8-15(14(20)9-11)21-16(25)10-26-18-23-22-17(24(18)2)12-5-3-4-6-13(12)19/h3-9H,10H2,1-2H3,(H,21,25). The molecule has 0 atom stereocenters. The van der Waals surface area contributed by atoms with E-state index in [1.807, 2.05) is 0 Å². The van der Waals surface area contributed by atoms with Crippen LogP contribution in [0.3, 0.4) is 0 Å². The molecule has 0 aliphatic rings. The van der Waals surface area contributed by atoms with Gasteiger partial charge in [-0.1, -0.05) is 30.0 Å². The molecule has 0 aliphatic heterocycles. The van der Waals surface area contributed by atoms with E-state index in [0.29, 0.717) is 16.5 Å². The van der Waals surface area contributed by atoms with Gasteiger partial charge in [-0.25, -0.2) is 8.78 Å². The van der Waals surface area contributed by atoms with Gasteiger partial charge >= 0.3 is 0 Å². The smallest absolute Gasteiger partial charge is 0.234 e. The molecular weight excluding hydrogens is 358 g/mol. The first kappa shape index (κ1) is 18.1. The van der Waals surface area contributed by atoms with Crippen LogP contribution in [-0.2, 0) is 11.8 Å². The predicted molar refractivity (Wildman–Crippen MR) is 96.9 cm³/mol. The van der Waals surface area contributed by atoms with Gasteiger partial charge in [0.25, 0.3) is 0 Å². The van der Waals surface area contributed by atoms with Gasteiger partial charge in [0, 0.05) is 7.05 Å². The van der Waals surface area contributed by atoms with Crippen LogP contribution >= 0.6 is 11.8 Å². The fraction of sp³-hybridized carbons (Fsp3) is 0.167. The van der Waals surface area contributed by atoms with Crippen molar-refractivity contribution in [2.75, 3.05) is 11.1 Å². The number of thioether (sulfide) groups is 1. The number of amides is 1. The number of hydrogen-bond donors (Lipinski definition) is 1. The summed E-state index contributed by atoms with van der Waals surface area (Å²) in [5, 5.41) is 11.0. The summed E-state index contributed by atoms with van der Waals surface area (Å²) in [5.41, 5.74) is 1.24. The number of carbonyl (C=O) groups excluding carboxylic acids is 1. The third kappa shape index (κ3) is 3.91. The van der Waals surface area contributed by atoms with Crippen LogP contribution in [-0.4, -0.2) is 26.4 Å². The highest BCUT2D eigenvalue weighted by molar-refractivity contribution is 7.99. The number of carbonyl (C=O) groups is 1. The Hall–Kier alpha value is -2.74. The third-order valence-electron chi connectivity index (χ3n) is 3.68. The van der Waals surface area contributed by atoms with Crippen LogP contribution in [0, 0.1) is 18.6 Å². The normalized spacial score (nSPS) is 10.8. The molecule has 0 bridgehead atoms. The Bertz CT molecular complexity index is 958. The SMILES string of the molecule is Cc1ccc(NC(=O)CSc2nnc(-c3ccccc3F)n2C)c(F)c1. The van der Waals surface area contributed by atoms with Crippen LogP contribution in [0.4, 0.5) is 14.5 Å². The Labute approximate surface area is 153 Å². The number of benzene rings is 2. The van der Waals surface area contributed by atoms with Crippen molar-refractivity contribution in [1.82, 2.24) is 14.8 Å². The van der Waals surface area contributed by atoms with Gasteiger partial charge in [0.05, 0.1) is 17.0 Å². The number of anilines is 1. The highest BCUT2D eigenvalue weighted by Crippen LogP contribution is 2.25. The molecule has 8 heteroatoms. The van der Waals surface area contributed by atoms with E-state index < -0.39 is 11.6 Å². The molecule has 0 aliphatic carbocycles. The molecule has 3 rings (SSSR count). The maximum absolute atomic E-state index is 13.9. The fourth-order valence-electron chi connectivity index (χ4n) is 2.36. The van der Waals surface area contributed by atoms with Gasteiger partial charge < -0.3 is 9.88 Å². The Balaban J connectivity index is 1.67. The molecular formula is C18H16F2N4OS. The van der Waals surface area contributed by atoms with E-state index in [1.165, 1.54) is 18.2 Å². The molecule has 0 unspecified atom stereocenters. The molecule has 26 heavy (non-hydrogen) atoms. The first-order valence-corrected chi connectivity index (χ1v) is 8.77. The van der Waals surface area contributed by atoms with Crippen LogP contribution in [0.2, 0.25) is 0 Å². The number of rotatable bonds is 5. The summed E-state index contributed by atoms with van der Waals surface area (Å²) < 4.78 is 29.3. The van der Waals surface area contributed by atoms with Gasteiger partial charge in [0.15, 0.2) is 11.0 Å². The van der Waals surface area contributed by atoms with Crippen molar-refractivity contribution in [3.8, 4) is 11.4 Å². The lowest BCUT2D eigenvalue weighted by Gasteiger charge is -2.07. The summed E-state index contributed by atoms with van der Waals surface area (Å²) in [6, 6.07) is 10.9. The number of aromatic nitrogens is 3. The number of hydrogen-bond acceptors (Lipinski definition) is 4. The van der Waals surface area contributed by atoms with E-state index in [-0.39, 0.29) is 17.3 Å². The second-order valence-corrected chi connectivity index (χ2v) is 6.61. The van der Waals surface area contributed by atoms with Crippen LogP contribution in [0.25, 0.3) is 11.4 Å². The van der Waals surface area contributed by atoms with E-state index in [2.05, 4.69) is 15.5 Å². The predicted octanol–water partition coefficient (Wildman–Crippen LogP) is 3.80. The fourth-order valence-corrected chi connectivity index (χ4v) is 3.07. The summed E-state index contributed by atoms with van der Waals surface area (Å²) in [6.07, 6.45) is 0. The molecule has 0 spiro atoms. The van der Waals surface area contributed by atoms with E-state index >= 15 is 0 Å². The quantitative estimate of drug-likeness (QED) is 0.690. The number of aryl methyl sites for hydroxylation is 1. The average molecular weight is 374 g/mol. The number of nitrogens with zero attached hydrogens (tertiary/aromatic N) is 3.